The molecule has 2 aromatic rings. The van der Waals surface area contributed by atoms with Crippen LogP contribution >= 0.6 is 22.9 Å². The number of anilines is 1. The Bertz CT molecular complexity index is 442. The van der Waals surface area contributed by atoms with Crippen molar-refractivity contribution in [1.82, 2.24) is 15.2 Å². The van der Waals surface area contributed by atoms with Crippen LogP contribution in [-0.4, -0.2) is 22.2 Å². The maximum Gasteiger partial charge on any atom is 0.205 e. The SMILES string of the molecule is CNc1nnc(-c2cccc(Cl)n2)s1. The highest BCUT2D eigenvalue weighted by Crippen LogP contribution is 2.24. The van der Waals surface area contributed by atoms with Crippen molar-refractivity contribution in [2.75, 3.05) is 12.4 Å². The zero-order valence-electron chi connectivity index (χ0n) is 7.36. The Morgan fingerprint density at radius 1 is 1.36 bits per heavy atom. The molecule has 0 fully saturated rings. The van der Waals surface area contributed by atoms with E-state index in [4.69, 9.17) is 11.6 Å². The van der Waals surface area contributed by atoms with E-state index in [1.807, 2.05) is 12.1 Å². The fraction of sp³-hybridized carbons (Fsp3) is 0.125. The van der Waals surface area contributed by atoms with Crippen molar-refractivity contribution in [1.29, 1.82) is 0 Å². The van der Waals surface area contributed by atoms with E-state index in [1.54, 1.807) is 13.1 Å². The molecule has 0 amide bonds. The molecule has 0 aliphatic heterocycles. The first kappa shape index (κ1) is 9.36. The van der Waals surface area contributed by atoms with E-state index in [0.29, 0.717) is 5.15 Å². The predicted octanol–water partition coefficient (Wildman–Crippen LogP) is 2.30. The zero-order chi connectivity index (χ0) is 9.97. The summed E-state index contributed by atoms with van der Waals surface area (Å²) >= 11 is 7.21. The minimum atomic E-state index is 0.462. The molecule has 6 heteroatoms. The van der Waals surface area contributed by atoms with Crippen LogP contribution in [0, 0.1) is 0 Å². The van der Waals surface area contributed by atoms with E-state index >= 15 is 0 Å². The van der Waals surface area contributed by atoms with Crippen molar-refractivity contribution in [3.63, 3.8) is 0 Å². The smallest absolute Gasteiger partial charge is 0.205 e. The molecule has 0 aromatic carbocycles. The molecule has 2 aromatic heterocycles. The molecule has 0 bridgehead atoms. The Hall–Kier alpha value is -1.20. The van der Waals surface area contributed by atoms with Crippen molar-refractivity contribution in [2.24, 2.45) is 0 Å². The zero-order valence-corrected chi connectivity index (χ0v) is 8.93. The lowest BCUT2D eigenvalue weighted by molar-refractivity contribution is 1.08. The molecule has 0 spiro atoms. The van der Waals surface area contributed by atoms with Crippen LogP contribution in [-0.2, 0) is 0 Å². The highest BCUT2D eigenvalue weighted by Gasteiger charge is 2.06. The molecular formula is C8H7ClN4S. The topological polar surface area (TPSA) is 50.7 Å². The van der Waals surface area contributed by atoms with Gasteiger partial charge >= 0.3 is 0 Å². The molecule has 14 heavy (non-hydrogen) atoms. The summed E-state index contributed by atoms with van der Waals surface area (Å²) in [7, 11) is 1.80. The van der Waals surface area contributed by atoms with Crippen LogP contribution in [0.1, 0.15) is 0 Å². The van der Waals surface area contributed by atoms with Gasteiger partial charge < -0.3 is 5.32 Å². The quantitative estimate of drug-likeness (QED) is 0.799. The first-order chi connectivity index (χ1) is 6.79. The van der Waals surface area contributed by atoms with E-state index in [-0.39, 0.29) is 0 Å². The van der Waals surface area contributed by atoms with E-state index < -0.39 is 0 Å². The van der Waals surface area contributed by atoms with Gasteiger partial charge in [0.2, 0.25) is 5.13 Å². The molecule has 0 aliphatic rings. The summed E-state index contributed by atoms with van der Waals surface area (Å²) in [5, 5.41) is 12.8. The van der Waals surface area contributed by atoms with Gasteiger partial charge in [-0.1, -0.05) is 29.0 Å². The van der Waals surface area contributed by atoms with Crippen LogP contribution in [0.25, 0.3) is 10.7 Å². The van der Waals surface area contributed by atoms with E-state index in [9.17, 15) is 0 Å². The Balaban J connectivity index is 2.39. The normalized spacial score (nSPS) is 10.1. The number of aromatic nitrogens is 3. The predicted molar refractivity (Wildman–Crippen MR) is 57.7 cm³/mol. The molecule has 4 nitrogen and oxygen atoms in total. The summed E-state index contributed by atoms with van der Waals surface area (Å²) in [6.45, 7) is 0. The second-order valence-corrected chi connectivity index (χ2v) is 3.87. The molecule has 0 radical (unpaired) electrons. The van der Waals surface area contributed by atoms with Gasteiger partial charge in [-0.25, -0.2) is 4.98 Å². The fourth-order valence-electron chi connectivity index (χ4n) is 0.955. The Labute approximate surface area is 90.0 Å². The molecule has 2 rings (SSSR count). The van der Waals surface area contributed by atoms with Gasteiger partial charge in [0.25, 0.3) is 0 Å². The minimum Gasteiger partial charge on any atom is -0.363 e. The van der Waals surface area contributed by atoms with Gasteiger partial charge in [-0.15, -0.1) is 10.2 Å². The standard InChI is InChI=1S/C8H7ClN4S/c1-10-8-13-12-7(14-8)5-3-2-4-6(9)11-5/h2-4H,1H3,(H,10,13). The van der Waals surface area contributed by atoms with Crippen molar-refractivity contribution in [2.45, 2.75) is 0 Å². The first-order valence-electron chi connectivity index (χ1n) is 3.94. The molecule has 2 heterocycles. The Kier molecular flexibility index (Phi) is 2.60. The van der Waals surface area contributed by atoms with Crippen molar-refractivity contribution >= 4 is 28.1 Å². The lowest BCUT2D eigenvalue weighted by Gasteiger charge is -1.93. The number of hydrogen-bond acceptors (Lipinski definition) is 5. The number of hydrogen-bond donors (Lipinski definition) is 1. The van der Waals surface area contributed by atoms with Gasteiger partial charge in [-0.2, -0.15) is 0 Å². The van der Waals surface area contributed by atoms with Gasteiger partial charge in [0, 0.05) is 7.05 Å². The third-order valence-electron chi connectivity index (χ3n) is 1.57. The van der Waals surface area contributed by atoms with Gasteiger partial charge in [0.05, 0.1) is 0 Å². The third kappa shape index (κ3) is 1.83. The molecule has 1 N–H and O–H groups in total. The molecule has 72 valence electrons. The van der Waals surface area contributed by atoms with E-state index in [0.717, 1.165) is 15.8 Å². The number of halogens is 1. The Morgan fingerprint density at radius 3 is 2.86 bits per heavy atom. The van der Waals surface area contributed by atoms with Crippen LogP contribution < -0.4 is 5.32 Å². The van der Waals surface area contributed by atoms with Crippen molar-refractivity contribution in [3.8, 4) is 10.7 Å². The summed E-state index contributed by atoms with van der Waals surface area (Å²) in [6, 6.07) is 5.42. The van der Waals surface area contributed by atoms with Crippen LogP contribution in [0.2, 0.25) is 5.15 Å². The summed E-state index contributed by atoms with van der Waals surface area (Å²) < 4.78 is 0. The summed E-state index contributed by atoms with van der Waals surface area (Å²) in [5.41, 5.74) is 0.747. The minimum absolute atomic E-state index is 0.462. The third-order valence-corrected chi connectivity index (χ3v) is 2.75. The van der Waals surface area contributed by atoms with Gasteiger partial charge in [0.1, 0.15) is 10.8 Å². The average molecular weight is 227 g/mol. The first-order valence-corrected chi connectivity index (χ1v) is 5.13. The van der Waals surface area contributed by atoms with Crippen LogP contribution in [0.3, 0.4) is 0 Å². The van der Waals surface area contributed by atoms with Crippen LogP contribution in [0.5, 0.6) is 0 Å². The molecule has 0 atom stereocenters. The maximum atomic E-state index is 5.77. The van der Waals surface area contributed by atoms with Crippen molar-refractivity contribution < 1.29 is 0 Å². The highest BCUT2D eigenvalue weighted by molar-refractivity contribution is 7.18. The monoisotopic (exact) mass is 226 g/mol. The van der Waals surface area contributed by atoms with E-state index in [1.165, 1.54) is 11.3 Å². The number of rotatable bonds is 2. The van der Waals surface area contributed by atoms with Crippen LogP contribution in [0.4, 0.5) is 5.13 Å². The maximum absolute atomic E-state index is 5.77. The largest absolute Gasteiger partial charge is 0.363 e. The molecular weight excluding hydrogens is 220 g/mol. The van der Waals surface area contributed by atoms with Crippen LogP contribution in [0.15, 0.2) is 18.2 Å². The molecule has 0 saturated heterocycles. The molecule has 0 unspecified atom stereocenters. The van der Waals surface area contributed by atoms with Crippen molar-refractivity contribution in [3.05, 3.63) is 23.4 Å². The molecule has 0 aliphatic carbocycles. The fourth-order valence-corrected chi connectivity index (χ4v) is 1.79. The summed E-state index contributed by atoms with van der Waals surface area (Å²) in [6.07, 6.45) is 0. The second kappa shape index (κ2) is 3.89. The average Bonchev–Trinajstić information content (AvgIpc) is 2.66. The lowest BCUT2D eigenvalue weighted by Crippen LogP contribution is -1.84. The lowest BCUT2D eigenvalue weighted by atomic mass is 10.4. The highest BCUT2D eigenvalue weighted by atomic mass is 35.5. The second-order valence-electron chi connectivity index (χ2n) is 2.51. The summed E-state index contributed by atoms with van der Waals surface area (Å²) in [5.74, 6) is 0. The van der Waals surface area contributed by atoms with E-state index in [2.05, 4.69) is 20.5 Å². The van der Waals surface area contributed by atoms with Gasteiger partial charge in [-0.3, -0.25) is 0 Å². The number of pyridine rings is 1. The molecule has 0 saturated carbocycles. The Morgan fingerprint density at radius 2 is 2.21 bits per heavy atom. The van der Waals surface area contributed by atoms with Gasteiger partial charge in [0.15, 0.2) is 5.01 Å². The number of nitrogens with zero attached hydrogens (tertiary/aromatic N) is 3. The number of nitrogens with one attached hydrogen (secondary N) is 1. The van der Waals surface area contributed by atoms with Gasteiger partial charge in [-0.05, 0) is 12.1 Å². The summed E-state index contributed by atoms with van der Waals surface area (Å²) in [4.78, 5) is 4.14.